The van der Waals surface area contributed by atoms with Crippen molar-refractivity contribution in [3.05, 3.63) is 0 Å². The summed E-state index contributed by atoms with van der Waals surface area (Å²) in [4.78, 5) is 1.69. The minimum atomic E-state index is 0. The zero-order valence-electron chi connectivity index (χ0n) is 4.36. The van der Waals surface area contributed by atoms with Crippen molar-refractivity contribution in [2.24, 2.45) is 0 Å². The molecule has 6 heavy (non-hydrogen) atoms. The quantitative estimate of drug-likeness (QED) is 0.152. The molecule has 3 heteroatoms. The van der Waals surface area contributed by atoms with E-state index in [1.165, 1.54) is 0 Å². The Balaban J connectivity index is 0. The van der Waals surface area contributed by atoms with Crippen LogP contribution in [0.5, 0.6) is 0 Å². The first-order chi connectivity index (χ1) is 2.27. The van der Waals surface area contributed by atoms with Gasteiger partial charge < -0.3 is 22.6 Å². The Labute approximate surface area is 55.9 Å². The molecule has 30 valence electrons. The fourth-order valence-corrected chi connectivity index (χ4v) is 0. The zero-order valence-corrected chi connectivity index (χ0v) is 5.17. The van der Waals surface area contributed by atoms with Gasteiger partial charge in [-0.25, -0.2) is 0 Å². The van der Waals surface area contributed by atoms with Crippen molar-refractivity contribution in [3.63, 3.8) is 0 Å². The predicted octanol–water partition coefficient (Wildman–Crippen LogP) is -2.61. The van der Waals surface area contributed by atoms with Crippen LogP contribution in [-0.4, -0.2) is 24.5 Å². The van der Waals surface area contributed by atoms with E-state index in [0.717, 1.165) is 0 Å². The van der Waals surface area contributed by atoms with Crippen LogP contribution in [0.2, 0.25) is 0 Å². The largest absolute Gasteiger partial charge is 1.00 e. The third-order valence-electron chi connectivity index (χ3n) is 0.183. The maximum atomic E-state index is 4.35. The SMILES string of the molecule is CN(C)[C-]=S.[Li+]. The minimum absolute atomic E-state index is 0. The van der Waals surface area contributed by atoms with Gasteiger partial charge in [0.05, 0.1) is 0 Å². The first-order valence-electron chi connectivity index (χ1n) is 1.32. The van der Waals surface area contributed by atoms with Gasteiger partial charge in [-0.1, -0.05) is 0 Å². The van der Waals surface area contributed by atoms with Gasteiger partial charge >= 0.3 is 18.9 Å². The van der Waals surface area contributed by atoms with Gasteiger partial charge in [-0.2, -0.15) is 0 Å². The summed E-state index contributed by atoms with van der Waals surface area (Å²) in [5, 5.41) is 0. The predicted molar refractivity (Wildman–Crippen MR) is 26.3 cm³/mol. The van der Waals surface area contributed by atoms with Crippen LogP contribution < -0.4 is 18.9 Å². The van der Waals surface area contributed by atoms with Gasteiger partial charge in [-0.05, 0) is 14.1 Å². The Morgan fingerprint density at radius 3 is 1.67 bits per heavy atom. The molecule has 0 amide bonds. The molecule has 0 saturated carbocycles. The molecule has 0 unspecified atom stereocenters. The fourth-order valence-electron chi connectivity index (χ4n) is 0. The third-order valence-corrected chi connectivity index (χ3v) is 0.548. The van der Waals surface area contributed by atoms with Gasteiger partial charge in [0.15, 0.2) is 0 Å². The second-order valence-electron chi connectivity index (χ2n) is 0.986. The monoisotopic (exact) mass is 95.0 g/mol. The standard InChI is InChI=1S/C3H6NS.Li/c1-4(2)3-5;/h1-2H3;/q-1;+1. The van der Waals surface area contributed by atoms with E-state index in [-0.39, 0.29) is 18.9 Å². The molecule has 0 aliphatic carbocycles. The summed E-state index contributed by atoms with van der Waals surface area (Å²) in [6, 6.07) is 0. The summed E-state index contributed by atoms with van der Waals surface area (Å²) < 4.78 is 0. The van der Waals surface area contributed by atoms with Crippen LogP contribution in [0.3, 0.4) is 0 Å². The summed E-state index contributed by atoms with van der Waals surface area (Å²) in [5.41, 5.74) is 2.44. The Bertz CT molecular complexity index is 37.8. The number of nitrogens with zero attached hydrogens (tertiary/aromatic N) is 1. The molecule has 0 aliphatic heterocycles. The maximum absolute atomic E-state index is 4.35. The Kier molecular flexibility index (Phi) is 8.87. The van der Waals surface area contributed by atoms with Crippen molar-refractivity contribution in [1.29, 1.82) is 0 Å². The molecule has 0 fully saturated rings. The van der Waals surface area contributed by atoms with Crippen LogP contribution in [-0.2, 0) is 0 Å². The van der Waals surface area contributed by atoms with Crippen LogP contribution >= 0.6 is 12.2 Å². The van der Waals surface area contributed by atoms with E-state index in [0.29, 0.717) is 0 Å². The molecule has 0 radical (unpaired) electrons. The van der Waals surface area contributed by atoms with Crippen LogP contribution in [0, 0.1) is 0 Å². The Hall–Kier alpha value is 0.487. The maximum Gasteiger partial charge on any atom is 1.00 e. The normalized spacial score (nSPS) is 5.67. The topological polar surface area (TPSA) is 3.24 Å². The molecule has 0 saturated heterocycles. The fraction of sp³-hybridized carbons (Fsp3) is 0.667. The van der Waals surface area contributed by atoms with Crippen molar-refractivity contribution >= 4 is 17.7 Å². The molecule has 1 nitrogen and oxygen atoms in total. The van der Waals surface area contributed by atoms with E-state index in [1.807, 2.05) is 14.1 Å². The summed E-state index contributed by atoms with van der Waals surface area (Å²) in [6.45, 7) is 0. The van der Waals surface area contributed by atoms with Gasteiger partial charge in [-0.15, -0.1) is 0 Å². The smallest absolute Gasteiger partial charge is 0.549 e. The van der Waals surface area contributed by atoms with Gasteiger partial charge in [-0.3, -0.25) is 0 Å². The van der Waals surface area contributed by atoms with Crippen molar-refractivity contribution in [3.8, 4) is 0 Å². The molecule has 0 bridgehead atoms. The van der Waals surface area contributed by atoms with E-state index >= 15 is 0 Å². The average Bonchev–Trinajstić information content (AvgIpc) is 1.38. The molecule has 0 aromatic carbocycles. The van der Waals surface area contributed by atoms with Crippen LogP contribution in [0.4, 0.5) is 0 Å². The molecule has 0 aromatic heterocycles. The number of hydrogen-bond donors (Lipinski definition) is 0. The molecule has 0 heterocycles. The number of thiocarbonyl (C=S) groups is 1. The summed E-state index contributed by atoms with van der Waals surface area (Å²) >= 11 is 4.35. The molecule has 0 atom stereocenters. The van der Waals surface area contributed by atoms with E-state index in [9.17, 15) is 0 Å². The van der Waals surface area contributed by atoms with Gasteiger partial charge in [0, 0.05) is 0 Å². The first kappa shape index (κ1) is 9.70. The zero-order chi connectivity index (χ0) is 4.28. The number of hydrogen-bond acceptors (Lipinski definition) is 1. The van der Waals surface area contributed by atoms with Crippen molar-refractivity contribution in [2.45, 2.75) is 0 Å². The minimum Gasteiger partial charge on any atom is -0.549 e. The second kappa shape index (κ2) is 5.49. The van der Waals surface area contributed by atoms with Crippen molar-refractivity contribution in [1.82, 2.24) is 4.90 Å². The van der Waals surface area contributed by atoms with Gasteiger partial charge in [0.2, 0.25) is 0 Å². The summed E-state index contributed by atoms with van der Waals surface area (Å²) in [5.74, 6) is 0. The molecular weight excluding hydrogens is 89.0 g/mol. The van der Waals surface area contributed by atoms with E-state index in [2.05, 4.69) is 17.7 Å². The van der Waals surface area contributed by atoms with Crippen LogP contribution in [0.15, 0.2) is 0 Å². The summed E-state index contributed by atoms with van der Waals surface area (Å²) in [7, 11) is 3.68. The molecular formula is C3H6LiNS. The summed E-state index contributed by atoms with van der Waals surface area (Å²) in [6.07, 6.45) is 0. The van der Waals surface area contributed by atoms with E-state index in [1.54, 1.807) is 4.90 Å². The second-order valence-corrected chi connectivity index (χ2v) is 1.17. The van der Waals surface area contributed by atoms with Gasteiger partial charge in [0.1, 0.15) is 0 Å². The molecule has 0 N–H and O–H groups in total. The number of rotatable bonds is 1. The van der Waals surface area contributed by atoms with Crippen LogP contribution in [0.25, 0.3) is 0 Å². The molecule has 0 aliphatic rings. The van der Waals surface area contributed by atoms with E-state index < -0.39 is 0 Å². The average molecular weight is 95.1 g/mol. The molecule has 0 rings (SSSR count). The molecule has 0 aromatic rings. The molecule has 0 spiro atoms. The Morgan fingerprint density at radius 2 is 1.67 bits per heavy atom. The van der Waals surface area contributed by atoms with Crippen LogP contribution in [0.1, 0.15) is 0 Å². The third kappa shape index (κ3) is 8.82. The Morgan fingerprint density at radius 1 is 1.50 bits per heavy atom. The van der Waals surface area contributed by atoms with E-state index in [4.69, 9.17) is 0 Å². The van der Waals surface area contributed by atoms with Crippen molar-refractivity contribution in [2.75, 3.05) is 14.1 Å². The van der Waals surface area contributed by atoms with Gasteiger partial charge in [0.25, 0.3) is 0 Å². The van der Waals surface area contributed by atoms with Crippen molar-refractivity contribution < 1.29 is 18.9 Å². The first-order valence-corrected chi connectivity index (χ1v) is 1.73.